The van der Waals surface area contributed by atoms with E-state index < -0.39 is 0 Å². The minimum Gasteiger partial charge on any atom is -0.369 e. The minimum absolute atomic E-state index is 0.129. The van der Waals surface area contributed by atoms with Gasteiger partial charge in [0.05, 0.1) is 12.4 Å². The molecule has 1 aromatic heterocycles. The molecule has 1 saturated carbocycles. The Balaban J connectivity index is 1.67. The Morgan fingerprint density at radius 1 is 1.24 bits per heavy atom. The van der Waals surface area contributed by atoms with E-state index in [4.69, 9.17) is 0 Å². The van der Waals surface area contributed by atoms with Gasteiger partial charge in [0, 0.05) is 13.1 Å². The molecule has 0 bridgehead atoms. The topological polar surface area (TPSA) is 66.9 Å². The van der Waals surface area contributed by atoms with E-state index in [0.717, 1.165) is 37.7 Å². The summed E-state index contributed by atoms with van der Waals surface area (Å²) in [6, 6.07) is 0. The summed E-state index contributed by atoms with van der Waals surface area (Å²) in [5, 5.41) is 6.06. The van der Waals surface area contributed by atoms with E-state index >= 15 is 0 Å². The Labute approximate surface area is 127 Å². The summed E-state index contributed by atoms with van der Waals surface area (Å²) in [4.78, 5) is 20.3. The second-order valence-corrected chi connectivity index (χ2v) is 5.76. The van der Waals surface area contributed by atoms with Crippen molar-refractivity contribution >= 4 is 11.7 Å². The number of rotatable bonds is 8. The quantitative estimate of drug-likeness (QED) is 0.722. The molecule has 0 spiro atoms. The maximum Gasteiger partial charge on any atom is 0.271 e. The molecule has 1 amide bonds. The zero-order valence-electron chi connectivity index (χ0n) is 12.9. The number of nitrogens with one attached hydrogen (secondary N) is 2. The Hall–Kier alpha value is -1.65. The lowest BCUT2D eigenvalue weighted by atomic mass is 10.0. The molecular weight excluding hydrogens is 264 g/mol. The molecule has 0 atom stereocenters. The predicted molar refractivity (Wildman–Crippen MR) is 84.3 cm³/mol. The maximum absolute atomic E-state index is 11.9. The Bertz CT molecular complexity index is 426. The van der Waals surface area contributed by atoms with Crippen molar-refractivity contribution in [3.05, 3.63) is 18.1 Å². The zero-order chi connectivity index (χ0) is 14.9. The number of hydrogen-bond acceptors (Lipinski definition) is 4. The SMILES string of the molecule is CCCNc1cnc(C(=O)NCCCC2CCCC2)cn1. The summed E-state index contributed by atoms with van der Waals surface area (Å²) in [5.41, 5.74) is 0.387. The highest BCUT2D eigenvalue weighted by molar-refractivity contribution is 5.91. The summed E-state index contributed by atoms with van der Waals surface area (Å²) < 4.78 is 0. The van der Waals surface area contributed by atoms with Crippen molar-refractivity contribution in [3.63, 3.8) is 0 Å². The second kappa shape index (κ2) is 8.60. The van der Waals surface area contributed by atoms with Gasteiger partial charge in [0.2, 0.25) is 0 Å². The first-order chi connectivity index (χ1) is 10.3. The van der Waals surface area contributed by atoms with Crippen LogP contribution >= 0.6 is 0 Å². The van der Waals surface area contributed by atoms with Crippen LogP contribution in [-0.4, -0.2) is 29.0 Å². The highest BCUT2D eigenvalue weighted by Crippen LogP contribution is 2.28. The van der Waals surface area contributed by atoms with Gasteiger partial charge in [-0.15, -0.1) is 0 Å². The molecule has 5 heteroatoms. The van der Waals surface area contributed by atoms with Crippen molar-refractivity contribution in [2.75, 3.05) is 18.4 Å². The summed E-state index contributed by atoms with van der Waals surface area (Å²) >= 11 is 0. The van der Waals surface area contributed by atoms with E-state index in [1.807, 2.05) is 0 Å². The first-order valence-electron chi connectivity index (χ1n) is 8.13. The van der Waals surface area contributed by atoms with E-state index in [0.29, 0.717) is 5.69 Å². The molecule has 5 nitrogen and oxygen atoms in total. The largest absolute Gasteiger partial charge is 0.369 e. The normalized spacial score (nSPS) is 15.1. The van der Waals surface area contributed by atoms with E-state index in [1.165, 1.54) is 38.3 Å². The van der Waals surface area contributed by atoms with Gasteiger partial charge in [0.15, 0.2) is 0 Å². The molecule has 0 saturated heterocycles. The van der Waals surface area contributed by atoms with Crippen molar-refractivity contribution in [1.82, 2.24) is 15.3 Å². The van der Waals surface area contributed by atoms with E-state index in [1.54, 1.807) is 6.20 Å². The molecule has 0 aliphatic heterocycles. The lowest BCUT2D eigenvalue weighted by Crippen LogP contribution is -2.25. The monoisotopic (exact) mass is 290 g/mol. The van der Waals surface area contributed by atoms with Crippen molar-refractivity contribution in [1.29, 1.82) is 0 Å². The average Bonchev–Trinajstić information content (AvgIpc) is 3.03. The molecule has 1 heterocycles. The predicted octanol–water partition coefficient (Wildman–Crippen LogP) is 3.00. The molecule has 0 radical (unpaired) electrons. The van der Waals surface area contributed by atoms with Gasteiger partial charge in [-0.25, -0.2) is 9.97 Å². The molecule has 116 valence electrons. The number of aromatic nitrogens is 2. The van der Waals surface area contributed by atoms with Crippen LogP contribution < -0.4 is 10.6 Å². The number of anilines is 1. The standard InChI is InChI=1S/C16H26N4O/c1-2-9-17-15-12-19-14(11-20-15)16(21)18-10-5-8-13-6-3-4-7-13/h11-13H,2-10H2,1H3,(H,17,20)(H,18,21). The summed E-state index contributed by atoms with van der Waals surface area (Å²) in [6.45, 7) is 3.68. The van der Waals surface area contributed by atoms with Crippen LogP contribution in [0.1, 0.15) is 62.4 Å². The van der Waals surface area contributed by atoms with Gasteiger partial charge < -0.3 is 10.6 Å². The number of carbonyl (C=O) groups excluding carboxylic acids is 1. The van der Waals surface area contributed by atoms with Crippen molar-refractivity contribution in [3.8, 4) is 0 Å². The van der Waals surface area contributed by atoms with Gasteiger partial charge in [-0.1, -0.05) is 32.6 Å². The fraction of sp³-hybridized carbons (Fsp3) is 0.688. The molecule has 1 aliphatic rings. The van der Waals surface area contributed by atoms with Gasteiger partial charge in [0.1, 0.15) is 11.5 Å². The van der Waals surface area contributed by atoms with Gasteiger partial charge in [0.25, 0.3) is 5.91 Å². The van der Waals surface area contributed by atoms with Crippen molar-refractivity contribution in [2.24, 2.45) is 5.92 Å². The molecule has 1 aliphatic carbocycles. The van der Waals surface area contributed by atoms with Crippen LogP contribution in [0.4, 0.5) is 5.82 Å². The first kappa shape index (κ1) is 15.7. The van der Waals surface area contributed by atoms with Crippen LogP contribution in [0.25, 0.3) is 0 Å². The van der Waals surface area contributed by atoms with Crippen LogP contribution in [0.5, 0.6) is 0 Å². The van der Waals surface area contributed by atoms with Crippen molar-refractivity contribution < 1.29 is 4.79 Å². The highest BCUT2D eigenvalue weighted by atomic mass is 16.1. The maximum atomic E-state index is 11.9. The van der Waals surface area contributed by atoms with Crippen LogP contribution in [0, 0.1) is 5.92 Å². The van der Waals surface area contributed by atoms with Crippen LogP contribution in [0.15, 0.2) is 12.4 Å². The van der Waals surface area contributed by atoms with Gasteiger partial charge in [-0.05, 0) is 25.2 Å². The Kier molecular flexibility index (Phi) is 6.44. The minimum atomic E-state index is -0.129. The number of amides is 1. The molecule has 1 aromatic rings. The Morgan fingerprint density at radius 3 is 2.71 bits per heavy atom. The highest BCUT2D eigenvalue weighted by Gasteiger charge is 2.14. The fourth-order valence-corrected chi connectivity index (χ4v) is 2.77. The van der Waals surface area contributed by atoms with Gasteiger partial charge in [-0.3, -0.25) is 4.79 Å². The molecule has 1 fully saturated rings. The molecular formula is C16H26N4O. The van der Waals surface area contributed by atoms with Crippen LogP contribution in [0.2, 0.25) is 0 Å². The third-order valence-electron chi connectivity index (χ3n) is 3.99. The lowest BCUT2D eigenvalue weighted by Gasteiger charge is -2.09. The van der Waals surface area contributed by atoms with E-state index in [9.17, 15) is 4.79 Å². The number of nitrogens with zero attached hydrogens (tertiary/aromatic N) is 2. The van der Waals surface area contributed by atoms with Crippen LogP contribution in [0.3, 0.4) is 0 Å². The number of carbonyl (C=O) groups is 1. The second-order valence-electron chi connectivity index (χ2n) is 5.76. The third kappa shape index (κ3) is 5.33. The van der Waals surface area contributed by atoms with Crippen molar-refractivity contribution in [2.45, 2.75) is 51.9 Å². The molecule has 2 N–H and O–H groups in total. The van der Waals surface area contributed by atoms with Gasteiger partial charge >= 0.3 is 0 Å². The molecule has 0 unspecified atom stereocenters. The smallest absolute Gasteiger partial charge is 0.271 e. The fourth-order valence-electron chi connectivity index (χ4n) is 2.77. The summed E-state index contributed by atoms with van der Waals surface area (Å²) in [5.74, 6) is 1.47. The molecule has 21 heavy (non-hydrogen) atoms. The lowest BCUT2D eigenvalue weighted by molar-refractivity contribution is 0.0947. The summed E-state index contributed by atoms with van der Waals surface area (Å²) in [7, 11) is 0. The molecule has 0 aromatic carbocycles. The number of hydrogen-bond donors (Lipinski definition) is 2. The summed E-state index contributed by atoms with van der Waals surface area (Å²) in [6.07, 6.45) is 12.0. The molecule has 2 rings (SSSR count). The van der Waals surface area contributed by atoms with E-state index in [2.05, 4.69) is 27.5 Å². The first-order valence-corrected chi connectivity index (χ1v) is 8.13. The van der Waals surface area contributed by atoms with E-state index in [-0.39, 0.29) is 5.91 Å². The van der Waals surface area contributed by atoms with Gasteiger partial charge in [-0.2, -0.15) is 0 Å². The zero-order valence-corrected chi connectivity index (χ0v) is 12.9. The average molecular weight is 290 g/mol. The third-order valence-corrected chi connectivity index (χ3v) is 3.99. The van der Waals surface area contributed by atoms with Crippen LogP contribution in [-0.2, 0) is 0 Å². The Morgan fingerprint density at radius 2 is 2.05 bits per heavy atom.